The van der Waals surface area contributed by atoms with Gasteiger partial charge in [0.15, 0.2) is 11.7 Å². The zero-order valence-corrected chi connectivity index (χ0v) is 18.6. The fourth-order valence-corrected chi connectivity index (χ4v) is 3.29. The van der Waals surface area contributed by atoms with Crippen molar-refractivity contribution in [2.45, 2.75) is 121 Å². The number of unbranched alkanes of at least 4 members (excludes halogenated alkanes) is 6. The Balaban J connectivity index is 0.000000867. The van der Waals surface area contributed by atoms with Crippen molar-refractivity contribution in [3.8, 4) is 0 Å². The highest BCUT2D eigenvalue weighted by Crippen LogP contribution is 2.23. The number of rotatable bonds is 13. The van der Waals surface area contributed by atoms with Crippen LogP contribution in [0.3, 0.4) is 0 Å². The molecule has 0 bridgehead atoms. The van der Waals surface area contributed by atoms with Gasteiger partial charge in [0.05, 0.1) is 18.8 Å². The Bertz CT molecular complexity index is 460. The fourth-order valence-electron chi connectivity index (χ4n) is 3.29. The molecule has 0 aliphatic heterocycles. The first-order chi connectivity index (χ1) is 14.2. The van der Waals surface area contributed by atoms with Crippen molar-refractivity contribution in [1.82, 2.24) is 0 Å². The maximum Gasteiger partial charge on any atom is 0.341 e. The molecule has 30 heavy (non-hydrogen) atoms. The van der Waals surface area contributed by atoms with Gasteiger partial charge in [-0.05, 0) is 32.1 Å². The van der Waals surface area contributed by atoms with Gasteiger partial charge in [-0.1, -0.05) is 65.2 Å². The maximum atomic E-state index is 12.0. The fraction of sp³-hybridized carbons (Fsp3) is 0.909. The van der Waals surface area contributed by atoms with Gasteiger partial charge in [0.25, 0.3) is 0 Å². The Morgan fingerprint density at radius 1 is 0.933 bits per heavy atom. The smallest absolute Gasteiger partial charge is 0.341 e. The molecule has 5 N–H and O–H groups in total. The van der Waals surface area contributed by atoms with E-state index in [-0.39, 0.29) is 13.0 Å². The molecule has 0 amide bonds. The van der Waals surface area contributed by atoms with Crippen molar-refractivity contribution in [3.63, 3.8) is 0 Å². The zero-order chi connectivity index (χ0) is 23.0. The van der Waals surface area contributed by atoms with Crippen molar-refractivity contribution in [1.29, 1.82) is 0 Å². The van der Waals surface area contributed by atoms with Crippen molar-refractivity contribution >= 4 is 11.9 Å². The van der Waals surface area contributed by atoms with Crippen LogP contribution < -0.4 is 0 Å². The minimum Gasteiger partial charge on any atom is -0.479 e. The van der Waals surface area contributed by atoms with E-state index in [2.05, 4.69) is 6.92 Å². The van der Waals surface area contributed by atoms with Crippen molar-refractivity contribution in [2.24, 2.45) is 0 Å². The van der Waals surface area contributed by atoms with Crippen LogP contribution in [0.1, 0.15) is 97.3 Å². The minimum absolute atomic E-state index is 0.117. The average molecular weight is 435 g/mol. The van der Waals surface area contributed by atoms with Crippen molar-refractivity contribution in [3.05, 3.63) is 0 Å². The Kier molecular flexibility index (Phi) is 15.8. The van der Waals surface area contributed by atoms with Gasteiger partial charge in [-0.2, -0.15) is 0 Å². The third kappa shape index (κ3) is 11.2. The number of carboxylic acid groups (broad SMARTS) is 1. The SMILES string of the molecule is CCCCCCOC(=O)C(O)(CCCCCC)C(O)C(=O)O.OC1CCCCC1O. The van der Waals surface area contributed by atoms with E-state index in [1.54, 1.807) is 0 Å². The van der Waals surface area contributed by atoms with Crippen molar-refractivity contribution < 1.29 is 39.9 Å². The highest BCUT2D eigenvalue weighted by atomic mass is 16.6. The normalized spacial score (nSPS) is 21.7. The van der Waals surface area contributed by atoms with Crippen LogP contribution in [0.15, 0.2) is 0 Å². The number of carbonyl (C=O) groups is 2. The van der Waals surface area contributed by atoms with Crippen LogP contribution in [0.4, 0.5) is 0 Å². The van der Waals surface area contributed by atoms with Crippen LogP contribution in [-0.4, -0.2) is 68.0 Å². The lowest BCUT2D eigenvalue weighted by atomic mass is 9.90. The third-order valence-electron chi connectivity index (χ3n) is 5.38. The number of hydrogen-bond acceptors (Lipinski definition) is 7. The Labute approximate surface area is 180 Å². The molecule has 1 fully saturated rings. The van der Waals surface area contributed by atoms with E-state index in [1.165, 1.54) is 0 Å². The molecule has 0 aromatic heterocycles. The van der Waals surface area contributed by atoms with E-state index in [0.717, 1.165) is 64.2 Å². The van der Waals surface area contributed by atoms with Crippen LogP contribution in [0.2, 0.25) is 0 Å². The van der Waals surface area contributed by atoms with E-state index >= 15 is 0 Å². The van der Waals surface area contributed by atoms with Gasteiger partial charge >= 0.3 is 11.9 Å². The second kappa shape index (κ2) is 16.5. The highest BCUT2D eigenvalue weighted by molar-refractivity contribution is 5.88. The summed E-state index contributed by atoms with van der Waals surface area (Å²) in [6.07, 6.45) is 7.28. The molecule has 0 aromatic rings. The number of ether oxygens (including phenoxy) is 1. The highest BCUT2D eigenvalue weighted by Gasteiger charge is 2.48. The standard InChI is InChI=1S/C16H30O6.C6H12O2/c1-3-5-7-9-11-16(21,13(17)14(18)19)15(20)22-12-10-8-6-4-2;7-5-3-1-2-4-6(5)8/h13,17,21H,3-12H2,1-2H3,(H,18,19);5-8H,1-4H2. The largest absolute Gasteiger partial charge is 0.479 e. The number of hydrogen-bond donors (Lipinski definition) is 5. The summed E-state index contributed by atoms with van der Waals surface area (Å²) in [6, 6.07) is 0. The monoisotopic (exact) mass is 434 g/mol. The first-order valence-corrected chi connectivity index (χ1v) is 11.4. The van der Waals surface area contributed by atoms with E-state index in [0.29, 0.717) is 12.8 Å². The lowest BCUT2D eigenvalue weighted by molar-refractivity contribution is -0.189. The number of aliphatic hydroxyl groups excluding tert-OH is 3. The molecule has 1 rings (SSSR count). The molecule has 0 spiro atoms. The van der Waals surface area contributed by atoms with Crippen LogP contribution in [-0.2, 0) is 14.3 Å². The lowest BCUT2D eigenvalue weighted by Gasteiger charge is -2.28. The summed E-state index contributed by atoms with van der Waals surface area (Å²) < 4.78 is 4.97. The molecule has 4 unspecified atom stereocenters. The molecular weight excluding hydrogens is 392 g/mol. The van der Waals surface area contributed by atoms with Gasteiger partial charge in [0.2, 0.25) is 0 Å². The molecule has 4 atom stereocenters. The topological polar surface area (TPSA) is 145 Å². The van der Waals surface area contributed by atoms with Gasteiger partial charge in [0, 0.05) is 0 Å². The second-order valence-corrected chi connectivity index (χ2v) is 8.09. The number of aliphatic carboxylic acids is 1. The summed E-state index contributed by atoms with van der Waals surface area (Å²) in [4.78, 5) is 22.9. The first-order valence-electron chi connectivity index (χ1n) is 11.4. The number of aliphatic hydroxyl groups is 4. The molecule has 1 saturated carbocycles. The van der Waals surface area contributed by atoms with Crippen LogP contribution in [0, 0.1) is 0 Å². The molecule has 8 heteroatoms. The number of carbonyl (C=O) groups excluding carboxylic acids is 1. The van der Waals surface area contributed by atoms with Gasteiger partial charge < -0.3 is 30.3 Å². The minimum atomic E-state index is -2.37. The van der Waals surface area contributed by atoms with E-state index in [9.17, 15) is 19.8 Å². The number of esters is 1. The summed E-state index contributed by atoms with van der Waals surface area (Å²) in [7, 11) is 0. The molecule has 0 saturated heterocycles. The van der Waals surface area contributed by atoms with E-state index in [4.69, 9.17) is 20.1 Å². The predicted octanol–water partition coefficient (Wildman–Crippen LogP) is 2.54. The summed E-state index contributed by atoms with van der Waals surface area (Å²) >= 11 is 0. The van der Waals surface area contributed by atoms with Gasteiger partial charge in [0.1, 0.15) is 0 Å². The predicted molar refractivity (Wildman–Crippen MR) is 113 cm³/mol. The Hall–Kier alpha value is -1.22. The van der Waals surface area contributed by atoms with Gasteiger partial charge in [-0.3, -0.25) is 0 Å². The molecule has 1 aliphatic rings. The van der Waals surface area contributed by atoms with E-state index < -0.39 is 35.9 Å². The second-order valence-electron chi connectivity index (χ2n) is 8.09. The van der Waals surface area contributed by atoms with Crippen molar-refractivity contribution in [2.75, 3.05) is 6.61 Å². The Morgan fingerprint density at radius 3 is 1.87 bits per heavy atom. The van der Waals surface area contributed by atoms with E-state index in [1.807, 2.05) is 6.92 Å². The molecule has 0 aromatic carbocycles. The van der Waals surface area contributed by atoms with Gasteiger partial charge in [-0.15, -0.1) is 0 Å². The number of carboxylic acids is 1. The maximum absolute atomic E-state index is 12.0. The van der Waals surface area contributed by atoms with Crippen LogP contribution in [0.5, 0.6) is 0 Å². The Morgan fingerprint density at radius 2 is 1.43 bits per heavy atom. The van der Waals surface area contributed by atoms with Crippen LogP contribution >= 0.6 is 0 Å². The summed E-state index contributed by atoms with van der Waals surface area (Å²) in [6.45, 7) is 4.20. The first kappa shape index (κ1) is 28.8. The zero-order valence-electron chi connectivity index (χ0n) is 18.6. The third-order valence-corrected chi connectivity index (χ3v) is 5.38. The molecule has 0 radical (unpaired) electrons. The lowest BCUT2D eigenvalue weighted by Crippen LogP contribution is -2.54. The molecule has 1 aliphatic carbocycles. The quantitative estimate of drug-likeness (QED) is 0.220. The van der Waals surface area contributed by atoms with Crippen LogP contribution in [0.25, 0.3) is 0 Å². The molecule has 0 heterocycles. The molecule has 178 valence electrons. The van der Waals surface area contributed by atoms with Gasteiger partial charge in [-0.25, -0.2) is 9.59 Å². The molecule has 8 nitrogen and oxygen atoms in total. The summed E-state index contributed by atoms with van der Waals surface area (Å²) in [5, 5.41) is 46.7. The average Bonchev–Trinajstić information content (AvgIpc) is 2.72. The summed E-state index contributed by atoms with van der Waals surface area (Å²) in [5.74, 6) is -2.67. The molecular formula is C22H42O8. The summed E-state index contributed by atoms with van der Waals surface area (Å²) in [5.41, 5.74) is -2.37.